The second kappa shape index (κ2) is 10.8. The summed E-state index contributed by atoms with van der Waals surface area (Å²) < 4.78 is 59.1. The van der Waals surface area contributed by atoms with Gasteiger partial charge in [-0.2, -0.15) is 20.5 Å². The first-order valence-electron chi connectivity index (χ1n) is 15.2. The Morgan fingerprint density at radius 2 is 2.04 bits per heavy atom. The lowest BCUT2D eigenvalue weighted by molar-refractivity contribution is 0.107. The number of hydrogen-bond donors (Lipinski definition) is 1. The molecule has 236 valence electrons. The summed E-state index contributed by atoms with van der Waals surface area (Å²) >= 11 is 7.89. The molecule has 0 radical (unpaired) electrons. The lowest BCUT2D eigenvalue weighted by Gasteiger charge is -2.33. The number of rotatable bonds is 4. The van der Waals surface area contributed by atoms with Crippen molar-refractivity contribution in [3.63, 3.8) is 0 Å². The van der Waals surface area contributed by atoms with Gasteiger partial charge in [-0.25, -0.2) is 13.2 Å². The molecule has 3 saturated heterocycles. The number of alkyl halides is 1. The van der Waals surface area contributed by atoms with Gasteiger partial charge in [0.15, 0.2) is 11.6 Å². The molecular formula is C32H27ClF3N7O2S. The van der Waals surface area contributed by atoms with Gasteiger partial charge in [0, 0.05) is 42.9 Å². The van der Waals surface area contributed by atoms with Gasteiger partial charge in [-0.15, -0.1) is 11.3 Å². The molecule has 4 aromatic rings. The predicted molar refractivity (Wildman–Crippen MR) is 168 cm³/mol. The zero-order valence-corrected chi connectivity index (χ0v) is 26.0. The summed E-state index contributed by atoms with van der Waals surface area (Å²) in [6.45, 7) is 1.94. The van der Waals surface area contributed by atoms with Gasteiger partial charge in [0.05, 0.1) is 44.8 Å². The Kier molecular flexibility index (Phi) is 6.87. The van der Waals surface area contributed by atoms with Crippen LogP contribution in [0.4, 0.5) is 24.0 Å². The number of nitrogens with two attached hydrogens (primary N) is 1. The highest BCUT2D eigenvalue weighted by molar-refractivity contribution is 7.23. The van der Waals surface area contributed by atoms with Gasteiger partial charge in [0.1, 0.15) is 41.0 Å². The molecule has 3 unspecified atom stereocenters. The third-order valence-electron chi connectivity index (χ3n) is 10.0. The van der Waals surface area contributed by atoms with Crippen molar-refractivity contribution in [1.29, 1.82) is 10.5 Å². The van der Waals surface area contributed by atoms with E-state index in [1.165, 1.54) is 12.1 Å². The van der Waals surface area contributed by atoms with Crippen molar-refractivity contribution in [2.75, 3.05) is 43.5 Å². The molecule has 4 aliphatic rings. The summed E-state index contributed by atoms with van der Waals surface area (Å²) in [6.07, 6.45) is 2.14. The van der Waals surface area contributed by atoms with Crippen molar-refractivity contribution in [2.45, 2.75) is 49.9 Å². The van der Waals surface area contributed by atoms with Crippen LogP contribution >= 0.6 is 22.9 Å². The molecule has 9 nitrogen and oxygen atoms in total. The molecule has 14 heteroatoms. The Morgan fingerprint density at radius 3 is 2.85 bits per heavy atom. The van der Waals surface area contributed by atoms with Crippen molar-refractivity contribution in [3.8, 4) is 35.0 Å². The quantitative estimate of drug-likeness (QED) is 0.265. The number of aromatic nitrogens is 2. The topological polar surface area (TPSA) is 124 Å². The van der Waals surface area contributed by atoms with Crippen LogP contribution in [0.2, 0.25) is 5.02 Å². The molecule has 8 rings (SSSR count). The van der Waals surface area contributed by atoms with E-state index in [0.717, 1.165) is 30.7 Å². The van der Waals surface area contributed by atoms with Crippen molar-refractivity contribution in [1.82, 2.24) is 14.9 Å². The van der Waals surface area contributed by atoms with Gasteiger partial charge in [-0.05, 0) is 37.4 Å². The molecular weight excluding hydrogens is 639 g/mol. The monoisotopic (exact) mass is 665 g/mol. The highest BCUT2D eigenvalue weighted by Gasteiger charge is 2.49. The van der Waals surface area contributed by atoms with E-state index in [0.29, 0.717) is 38.2 Å². The number of hydrogen-bond acceptors (Lipinski definition) is 10. The van der Waals surface area contributed by atoms with Crippen molar-refractivity contribution in [3.05, 3.63) is 34.4 Å². The van der Waals surface area contributed by atoms with Crippen molar-refractivity contribution in [2.24, 2.45) is 5.92 Å². The van der Waals surface area contributed by atoms with Crippen molar-refractivity contribution < 1.29 is 22.6 Å². The fourth-order valence-corrected chi connectivity index (χ4v) is 9.22. The van der Waals surface area contributed by atoms with Crippen LogP contribution in [-0.2, 0) is 0 Å². The summed E-state index contributed by atoms with van der Waals surface area (Å²) in [5.41, 5.74) is 5.52. The second-order valence-corrected chi connectivity index (χ2v) is 13.9. The summed E-state index contributed by atoms with van der Waals surface area (Å²) in [4.78, 5) is 13.4. The van der Waals surface area contributed by atoms with E-state index in [1.807, 2.05) is 11.0 Å². The third kappa shape index (κ3) is 4.21. The van der Waals surface area contributed by atoms with Gasteiger partial charge in [0.2, 0.25) is 0 Å². The Balaban J connectivity index is 1.36. The molecule has 3 fully saturated rings. The molecule has 0 aliphatic carbocycles. The number of nitrogens with zero attached hydrogens (tertiary/aromatic N) is 6. The normalized spacial score (nSPS) is 25.5. The fraction of sp³-hybridized carbons (Fsp3) is 0.438. The zero-order valence-electron chi connectivity index (χ0n) is 24.5. The molecule has 0 bridgehead atoms. The highest BCUT2D eigenvalue weighted by atomic mass is 35.5. The van der Waals surface area contributed by atoms with E-state index in [-0.39, 0.29) is 84.6 Å². The lowest BCUT2D eigenvalue weighted by Crippen LogP contribution is -2.43. The van der Waals surface area contributed by atoms with Gasteiger partial charge < -0.3 is 20.1 Å². The van der Waals surface area contributed by atoms with Gasteiger partial charge in [0.25, 0.3) is 0 Å². The Labute approximate surface area is 270 Å². The number of thiophene rings is 1. The molecule has 2 aromatic heterocycles. The summed E-state index contributed by atoms with van der Waals surface area (Å²) in [6, 6.07) is 6.62. The third-order valence-corrected chi connectivity index (χ3v) is 11.4. The maximum absolute atomic E-state index is 17.1. The van der Waals surface area contributed by atoms with Gasteiger partial charge in [-0.3, -0.25) is 4.90 Å². The van der Waals surface area contributed by atoms with Gasteiger partial charge >= 0.3 is 6.01 Å². The smallest absolute Gasteiger partial charge is 0.319 e. The van der Waals surface area contributed by atoms with Crippen LogP contribution in [0.1, 0.15) is 37.7 Å². The molecule has 4 atom stereocenters. The van der Waals surface area contributed by atoms with Crippen LogP contribution in [0, 0.1) is 40.2 Å². The first-order chi connectivity index (χ1) is 22.2. The van der Waals surface area contributed by atoms with Crippen LogP contribution in [-0.4, -0.2) is 65.5 Å². The number of halogens is 4. The zero-order chi connectivity index (χ0) is 31.9. The molecule has 0 amide bonds. The minimum Gasteiger partial charge on any atom is -0.491 e. The maximum Gasteiger partial charge on any atom is 0.319 e. The average molecular weight is 666 g/mol. The number of nitriles is 2. The highest BCUT2D eigenvalue weighted by Crippen LogP contribution is 2.52. The molecule has 46 heavy (non-hydrogen) atoms. The Hall–Kier alpha value is -4.04. The van der Waals surface area contributed by atoms with Crippen LogP contribution in [0.25, 0.3) is 32.1 Å². The summed E-state index contributed by atoms with van der Waals surface area (Å²) in [5.74, 6) is -1.24. The van der Waals surface area contributed by atoms with Crippen LogP contribution < -0.4 is 20.1 Å². The Bertz CT molecular complexity index is 2030. The minimum absolute atomic E-state index is 0.0200. The first kappa shape index (κ1) is 29.4. The molecule has 2 aromatic carbocycles. The minimum atomic E-state index is -0.957. The predicted octanol–water partition coefficient (Wildman–Crippen LogP) is 6.35. The molecule has 0 spiro atoms. The number of benzene rings is 2. The van der Waals surface area contributed by atoms with Crippen LogP contribution in [0.15, 0.2) is 12.1 Å². The fourth-order valence-electron chi connectivity index (χ4n) is 7.94. The van der Waals surface area contributed by atoms with E-state index in [4.69, 9.17) is 31.8 Å². The summed E-state index contributed by atoms with van der Waals surface area (Å²) in [7, 11) is 0. The van der Waals surface area contributed by atoms with E-state index >= 15 is 4.39 Å². The SMILES string of the molecule is N#Cc1c(N)sc2c(F)ccc(-c3c(Cl)c4c5c(nc(OCC67CCCN6C[C@H](F)C7)nc5c3F)N3CCC(C#N)C3CCO4)c12. The maximum atomic E-state index is 17.1. The number of fused-ring (bicyclic) bond motifs is 4. The van der Waals surface area contributed by atoms with E-state index in [9.17, 15) is 19.3 Å². The van der Waals surface area contributed by atoms with E-state index < -0.39 is 23.3 Å². The van der Waals surface area contributed by atoms with Crippen LogP contribution in [0.5, 0.6) is 11.8 Å². The Morgan fingerprint density at radius 1 is 1.20 bits per heavy atom. The van der Waals surface area contributed by atoms with E-state index in [2.05, 4.69) is 16.0 Å². The average Bonchev–Trinajstić information content (AvgIpc) is 3.78. The molecule has 0 saturated carbocycles. The lowest BCUT2D eigenvalue weighted by atomic mass is 9.95. The molecule has 2 N–H and O–H groups in total. The molecule has 6 heterocycles. The summed E-state index contributed by atoms with van der Waals surface area (Å²) in [5, 5.41) is 20.2. The van der Waals surface area contributed by atoms with Crippen LogP contribution in [0.3, 0.4) is 0 Å². The van der Waals surface area contributed by atoms with E-state index in [1.54, 1.807) is 0 Å². The standard InChI is InChI=1S/C32H27ClF3N7O2S/c33-24-22(17-2-3-19(35)28-21(17)18(12-38)29(39)46-28)25(36)26-23-27(24)44-9-5-20-15(11-37)4-8-43(20)30(23)41-31(40-26)45-14-32-6-1-7-42(32)13-16(34)10-32/h2-3,15-16,20H,1,4-10,13-14,39H2/t15?,16-,20?,32?/m1/s1. The number of anilines is 2. The van der Waals surface area contributed by atoms with Crippen molar-refractivity contribution >= 4 is 54.7 Å². The number of ether oxygens (including phenoxy) is 2. The largest absolute Gasteiger partial charge is 0.491 e. The second-order valence-electron chi connectivity index (χ2n) is 12.4. The molecule has 4 aliphatic heterocycles. The number of nitrogen functional groups attached to an aromatic ring is 1. The first-order valence-corrected chi connectivity index (χ1v) is 16.4. The van der Waals surface area contributed by atoms with Gasteiger partial charge in [-0.1, -0.05) is 17.7 Å².